The maximum Gasteiger partial charge on any atom is 0.0982 e. The summed E-state index contributed by atoms with van der Waals surface area (Å²) >= 11 is 0. The molecule has 0 aromatic rings. The topological polar surface area (TPSA) is 56.9 Å². The standard InChI is InChI=1S/C8H14N4.C3H9N.2ClH/c1-12(9)11-7-10-8-5-3-2-4-6-8;1-4(2)3;;/h7-8H,3,5-6,9H2,1H3,(H,10,11);1-3H3;2*1H. The molecule has 108 valence electrons. The number of hydrogen-bond donors (Lipinski definition) is 2. The van der Waals surface area contributed by atoms with Crippen LogP contribution in [0.1, 0.15) is 19.3 Å². The van der Waals surface area contributed by atoms with Crippen LogP contribution in [0.15, 0.2) is 4.99 Å². The highest BCUT2D eigenvalue weighted by molar-refractivity contribution is 5.85. The van der Waals surface area contributed by atoms with Crippen molar-refractivity contribution in [2.24, 2.45) is 10.8 Å². The number of nitrogens with zero attached hydrogens (tertiary/aromatic N) is 3. The lowest BCUT2D eigenvalue weighted by Crippen LogP contribution is -2.39. The summed E-state index contributed by atoms with van der Waals surface area (Å²) in [6.45, 7) is 0. The largest absolute Gasteiger partial charge is 0.312 e. The quantitative estimate of drug-likeness (QED) is 0.267. The van der Waals surface area contributed by atoms with E-state index in [0.29, 0.717) is 6.04 Å². The lowest BCUT2D eigenvalue weighted by molar-refractivity contribution is 0.308. The summed E-state index contributed by atoms with van der Waals surface area (Å²) in [4.78, 5) is 6.26. The summed E-state index contributed by atoms with van der Waals surface area (Å²) in [5.74, 6) is 11.4. The van der Waals surface area contributed by atoms with Crippen LogP contribution in [0.2, 0.25) is 0 Å². The van der Waals surface area contributed by atoms with E-state index in [1.807, 2.05) is 26.0 Å². The fraction of sp³-hybridized carbons (Fsp3) is 0.727. The first-order chi connectivity index (χ1) is 7.52. The molecule has 1 aliphatic rings. The Labute approximate surface area is 123 Å². The van der Waals surface area contributed by atoms with Crippen LogP contribution >= 0.6 is 24.8 Å². The van der Waals surface area contributed by atoms with Gasteiger partial charge in [-0.3, -0.25) is 16.3 Å². The number of aliphatic imine (C=N–C) groups is 1. The Bertz CT molecular complexity index is 255. The van der Waals surface area contributed by atoms with Gasteiger partial charge in [0.05, 0.1) is 12.4 Å². The molecule has 0 heterocycles. The third kappa shape index (κ3) is 17.9. The van der Waals surface area contributed by atoms with Crippen molar-refractivity contribution in [3.63, 3.8) is 0 Å². The van der Waals surface area contributed by atoms with Crippen LogP contribution in [0.25, 0.3) is 0 Å². The first kappa shape index (κ1) is 22.7. The van der Waals surface area contributed by atoms with Crippen molar-refractivity contribution in [1.29, 1.82) is 0 Å². The molecular formula is C11H25Cl2N5. The van der Waals surface area contributed by atoms with Gasteiger partial charge in [-0.25, -0.2) is 0 Å². The number of rotatable bonds is 3. The molecule has 7 heteroatoms. The smallest absolute Gasteiger partial charge is 0.0982 e. The van der Waals surface area contributed by atoms with Crippen molar-refractivity contribution < 1.29 is 0 Å². The zero-order valence-electron chi connectivity index (χ0n) is 11.5. The zero-order chi connectivity index (χ0) is 12.4. The Morgan fingerprint density at radius 2 is 1.78 bits per heavy atom. The van der Waals surface area contributed by atoms with Gasteiger partial charge in [-0.1, -0.05) is 0 Å². The molecule has 0 saturated heterocycles. The lowest BCUT2D eigenvalue weighted by Gasteiger charge is -2.11. The average Bonchev–Trinajstić information content (AvgIpc) is 2.18. The van der Waals surface area contributed by atoms with E-state index < -0.39 is 0 Å². The summed E-state index contributed by atoms with van der Waals surface area (Å²) in [6, 6.07) is 0.346. The van der Waals surface area contributed by atoms with Crippen LogP contribution < -0.4 is 11.3 Å². The fourth-order valence-corrected chi connectivity index (χ4v) is 0.976. The minimum Gasteiger partial charge on any atom is -0.312 e. The van der Waals surface area contributed by atoms with Gasteiger partial charge in [-0.2, -0.15) is 5.12 Å². The number of nitrogens with one attached hydrogen (secondary N) is 1. The van der Waals surface area contributed by atoms with E-state index in [2.05, 4.69) is 22.3 Å². The number of nitrogens with two attached hydrogens (primary N) is 1. The fourth-order valence-electron chi connectivity index (χ4n) is 0.976. The molecule has 1 rings (SSSR count). The van der Waals surface area contributed by atoms with Gasteiger partial charge in [-0.05, 0) is 27.6 Å². The van der Waals surface area contributed by atoms with Crippen LogP contribution in [-0.2, 0) is 0 Å². The summed E-state index contributed by atoms with van der Waals surface area (Å²) in [7, 11) is 7.71. The molecule has 0 spiro atoms. The SMILES string of the molecule is CN(C)C.CN(N)NC=NC1CC#CCC1.Cl.Cl. The van der Waals surface area contributed by atoms with Gasteiger partial charge < -0.3 is 4.90 Å². The predicted octanol–water partition coefficient (Wildman–Crippen LogP) is 0.902. The molecule has 0 bridgehead atoms. The van der Waals surface area contributed by atoms with Crippen LogP contribution in [0, 0.1) is 11.8 Å². The van der Waals surface area contributed by atoms with Gasteiger partial charge in [0, 0.05) is 19.9 Å². The van der Waals surface area contributed by atoms with Crippen molar-refractivity contribution in [3.8, 4) is 11.8 Å². The van der Waals surface area contributed by atoms with Gasteiger partial charge in [0.15, 0.2) is 0 Å². The summed E-state index contributed by atoms with van der Waals surface area (Å²) in [6.07, 6.45) is 4.50. The number of hydrazine groups is 2. The molecule has 0 aliphatic heterocycles. The molecule has 0 amide bonds. The third-order valence-electron chi connectivity index (χ3n) is 1.61. The van der Waals surface area contributed by atoms with Gasteiger partial charge in [0.2, 0.25) is 0 Å². The highest BCUT2D eigenvalue weighted by Crippen LogP contribution is 2.08. The van der Waals surface area contributed by atoms with Crippen LogP contribution in [0.5, 0.6) is 0 Å². The minimum atomic E-state index is 0. The second-order valence-corrected chi connectivity index (χ2v) is 4.11. The molecular weight excluding hydrogens is 273 g/mol. The van der Waals surface area contributed by atoms with Crippen molar-refractivity contribution in [2.75, 3.05) is 28.2 Å². The first-order valence-corrected chi connectivity index (χ1v) is 5.35. The highest BCUT2D eigenvalue weighted by Gasteiger charge is 2.05. The molecule has 3 N–H and O–H groups in total. The summed E-state index contributed by atoms with van der Waals surface area (Å²) in [5, 5.41) is 1.36. The third-order valence-corrected chi connectivity index (χ3v) is 1.61. The maximum absolute atomic E-state index is 5.31. The Balaban J connectivity index is -0.000000332. The van der Waals surface area contributed by atoms with E-state index in [4.69, 9.17) is 5.84 Å². The average molecular weight is 298 g/mol. The second kappa shape index (κ2) is 14.6. The van der Waals surface area contributed by atoms with Gasteiger partial charge in [-0.15, -0.1) is 36.7 Å². The number of hydrogen-bond acceptors (Lipinski definition) is 4. The van der Waals surface area contributed by atoms with Crippen molar-refractivity contribution in [2.45, 2.75) is 25.3 Å². The van der Waals surface area contributed by atoms with Gasteiger partial charge >= 0.3 is 0 Å². The molecule has 0 fully saturated rings. The van der Waals surface area contributed by atoms with E-state index in [1.165, 1.54) is 5.12 Å². The molecule has 0 saturated carbocycles. The molecule has 0 aromatic carbocycles. The van der Waals surface area contributed by atoms with Gasteiger partial charge in [0.25, 0.3) is 0 Å². The minimum absolute atomic E-state index is 0. The molecule has 1 atom stereocenters. The summed E-state index contributed by atoms with van der Waals surface area (Å²) < 4.78 is 0. The van der Waals surface area contributed by atoms with Crippen molar-refractivity contribution in [1.82, 2.24) is 15.4 Å². The Kier molecular flexibility index (Phi) is 18.3. The Morgan fingerprint density at radius 3 is 2.17 bits per heavy atom. The zero-order valence-corrected chi connectivity index (χ0v) is 13.1. The second-order valence-electron chi connectivity index (χ2n) is 4.11. The molecule has 0 aromatic heterocycles. The molecule has 1 unspecified atom stereocenters. The van der Waals surface area contributed by atoms with E-state index in [-0.39, 0.29) is 24.8 Å². The normalized spacial score (nSPS) is 16.9. The monoisotopic (exact) mass is 297 g/mol. The van der Waals surface area contributed by atoms with E-state index >= 15 is 0 Å². The Hall–Kier alpha value is -0.510. The Morgan fingerprint density at radius 1 is 1.22 bits per heavy atom. The van der Waals surface area contributed by atoms with Crippen LogP contribution in [0.4, 0.5) is 0 Å². The molecule has 18 heavy (non-hydrogen) atoms. The molecule has 5 nitrogen and oxygen atoms in total. The van der Waals surface area contributed by atoms with Crippen molar-refractivity contribution >= 4 is 31.2 Å². The predicted molar refractivity (Wildman–Crippen MR) is 83.1 cm³/mol. The lowest BCUT2D eigenvalue weighted by atomic mass is 10.1. The molecule has 0 radical (unpaired) electrons. The van der Waals surface area contributed by atoms with E-state index in [1.54, 1.807) is 13.4 Å². The van der Waals surface area contributed by atoms with E-state index in [9.17, 15) is 0 Å². The van der Waals surface area contributed by atoms with Crippen LogP contribution in [-0.4, -0.2) is 50.6 Å². The van der Waals surface area contributed by atoms with Crippen molar-refractivity contribution in [3.05, 3.63) is 0 Å². The summed E-state index contributed by atoms with van der Waals surface area (Å²) in [5.41, 5.74) is 2.76. The van der Waals surface area contributed by atoms with Gasteiger partial charge in [0.1, 0.15) is 0 Å². The first-order valence-electron chi connectivity index (χ1n) is 5.35. The van der Waals surface area contributed by atoms with E-state index in [0.717, 1.165) is 19.3 Å². The number of halogens is 2. The maximum atomic E-state index is 5.31. The van der Waals surface area contributed by atoms with Crippen LogP contribution in [0.3, 0.4) is 0 Å². The molecule has 1 aliphatic carbocycles. The highest BCUT2D eigenvalue weighted by atomic mass is 35.5.